The zero-order valence-electron chi connectivity index (χ0n) is 9.06. The fraction of sp³-hybridized carbons (Fsp3) is 1.00. The van der Waals surface area contributed by atoms with Crippen LogP contribution in [0.3, 0.4) is 0 Å². The summed E-state index contributed by atoms with van der Waals surface area (Å²) in [5.41, 5.74) is 0.685. The minimum absolute atomic E-state index is 0.685. The molecular formula is C11H23N. The third-order valence-electron chi connectivity index (χ3n) is 3.30. The van der Waals surface area contributed by atoms with Gasteiger partial charge in [0.05, 0.1) is 0 Å². The smallest absolute Gasteiger partial charge is 0.00196 e. The van der Waals surface area contributed by atoms with Gasteiger partial charge in [-0.1, -0.05) is 20.3 Å². The van der Waals surface area contributed by atoms with E-state index in [-0.39, 0.29) is 0 Å². The normalized spacial score (nSPS) is 35.2. The van der Waals surface area contributed by atoms with Crippen LogP contribution in [0.1, 0.15) is 39.5 Å². The van der Waals surface area contributed by atoms with E-state index < -0.39 is 0 Å². The SMILES string of the molecule is CCC1CC(C)(CCN(C)C)C1. The third kappa shape index (κ3) is 2.48. The molecule has 0 atom stereocenters. The molecule has 0 spiro atoms. The van der Waals surface area contributed by atoms with Crippen molar-refractivity contribution in [3.8, 4) is 0 Å². The molecule has 1 aliphatic carbocycles. The predicted molar refractivity (Wildman–Crippen MR) is 54.3 cm³/mol. The summed E-state index contributed by atoms with van der Waals surface area (Å²) in [6.45, 7) is 6.02. The molecule has 1 saturated carbocycles. The number of rotatable bonds is 4. The van der Waals surface area contributed by atoms with Crippen molar-refractivity contribution >= 4 is 0 Å². The zero-order chi connectivity index (χ0) is 9.19. The summed E-state index contributed by atoms with van der Waals surface area (Å²) in [5.74, 6) is 1.04. The Morgan fingerprint density at radius 3 is 2.33 bits per heavy atom. The third-order valence-corrected chi connectivity index (χ3v) is 3.30. The van der Waals surface area contributed by atoms with Gasteiger partial charge in [-0.05, 0) is 51.2 Å². The van der Waals surface area contributed by atoms with Crippen molar-refractivity contribution in [2.75, 3.05) is 20.6 Å². The van der Waals surface area contributed by atoms with E-state index in [2.05, 4.69) is 32.8 Å². The van der Waals surface area contributed by atoms with Crippen LogP contribution in [-0.4, -0.2) is 25.5 Å². The molecule has 1 heteroatoms. The standard InChI is InChI=1S/C11H23N/c1-5-10-8-11(2,9-10)6-7-12(3)4/h10H,5-9H2,1-4H3. The van der Waals surface area contributed by atoms with E-state index in [1.165, 1.54) is 32.2 Å². The van der Waals surface area contributed by atoms with Gasteiger partial charge in [-0.25, -0.2) is 0 Å². The van der Waals surface area contributed by atoms with E-state index in [1.54, 1.807) is 0 Å². The molecule has 0 amide bonds. The maximum absolute atomic E-state index is 2.45. The molecule has 1 fully saturated rings. The molecule has 0 aromatic heterocycles. The Morgan fingerprint density at radius 2 is 1.92 bits per heavy atom. The van der Waals surface area contributed by atoms with Crippen LogP contribution in [0.4, 0.5) is 0 Å². The highest BCUT2D eigenvalue weighted by atomic mass is 15.0. The molecule has 0 heterocycles. The molecule has 0 unspecified atom stereocenters. The second kappa shape index (κ2) is 3.78. The predicted octanol–water partition coefficient (Wildman–Crippen LogP) is 2.76. The van der Waals surface area contributed by atoms with Crippen molar-refractivity contribution in [3.63, 3.8) is 0 Å². The van der Waals surface area contributed by atoms with Gasteiger partial charge in [0.2, 0.25) is 0 Å². The first-order valence-electron chi connectivity index (χ1n) is 5.20. The maximum Gasteiger partial charge on any atom is -0.00196 e. The Bertz CT molecular complexity index is 134. The first-order chi connectivity index (χ1) is 5.56. The van der Waals surface area contributed by atoms with Crippen molar-refractivity contribution in [1.29, 1.82) is 0 Å². The topological polar surface area (TPSA) is 3.24 Å². The summed E-state index contributed by atoms with van der Waals surface area (Å²) in [6.07, 6.45) is 5.71. The van der Waals surface area contributed by atoms with Gasteiger partial charge < -0.3 is 4.90 Å². The Labute approximate surface area is 77.1 Å². The molecule has 1 rings (SSSR count). The van der Waals surface area contributed by atoms with E-state index >= 15 is 0 Å². The average Bonchev–Trinajstić information content (AvgIpc) is 1.95. The van der Waals surface area contributed by atoms with Crippen molar-refractivity contribution in [1.82, 2.24) is 4.90 Å². The molecule has 0 N–H and O–H groups in total. The largest absolute Gasteiger partial charge is 0.309 e. The van der Waals surface area contributed by atoms with Crippen LogP contribution in [0.5, 0.6) is 0 Å². The van der Waals surface area contributed by atoms with Crippen LogP contribution < -0.4 is 0 Å². The minimum atomic E-state index is 0.685. The second-order valence-electron chi connectivity index (χ2n) is 5.05. The molecule has 0 bridgehead atoms. The van der Waals surface area contributed by atoms with Crippen LogP contribution in [0.25, 0.3) is 0 Å². The van der Waals surface area contributed by atoms with Gasteiger partial charge in [-0.2, -0.15) is 0 Å². The van der Waals surface area contributed by atoms with E-state index in [4.69, 9.17) is 0 Å². The summed E-state index contributed by atoms with van der Waals surface area (Å²) < 4.78 is 0. The van der Waals surface area contributed by atoms with E-state index in [9.17, 15) is 0 Å². The molecule has 1 nitrogen and oxygen atoms in total. The number of hydrogen-bond donors (Lipinski definition) is 0. The highest BCUT2D eigenvalue weighted by Crippen LogP contribution is 2.49. The fourth-order valence-electron chi connectivity index (χ4n) is 2.32. The van der Waals surface area contributed by atoms with Gasteiger partial charge in [0, 0.05) is 0 Å². The van der Waals surface area contributed by atoms with Gasteiger partial charge in [0.15, 0.2) is 0 Å². The van der Waals surface area contributed by atoms with Crippen LogP contribution >= 0.6 is 0 Å². The van der Waals surface area contributed by atoms with Gasteiger partial charge in [-0.3, -0.25) is 0 Å². The van der Waals surface area contributed by atoms with E-state index in [0.717, 1.165) is 5.92 Å². The van der Waals surface area contributed by atoms with Crippen LogP contribution in [-0.2, 0) is 0 Å². The van der Waals surface area contributed by atoms with Crippen LogP contribution in [0.2, 0.25) is 0 Å². The van der Waals surface area contributed by atoms with Crippen molar-refractivity contribution < 1.29 is 0 Å². The summed E-state index contributed by atoms with van der Waals surface area (Å²) in [7, 11) is 4.33. The van der Waals surface area contributed by atoms with Gasteiger partial charge in [0.1, 0.15) is 0 Å². The Morgan fingerprint density at radius 1 is 1.33 bits per heavy atom. The minimum Gasteiger partial charge on any atom is -0.309 e. The molecule has 0 saturated heterocycles. The summed E-state index contributed by atoms with van der Waals surface area (Å²) in [4.78, 5) is 2.30. The van der Waals surface area contributed by atoms with Gasteiger partial charge in [0.25, 0.3) is 0 Å². The molecule has 12 heavy (non-hydrogen) atoms. The lowest BCUT2D eigenvalue weighted by atomic mass is 9.61. The molecule has 0 aromatic rings. The van der Waals surface area contributed by atoms with Crippen molar-refractivity contribution in [2.24, 2.45) is 11.3 Å². The monoisotopic (exact) mass is 169 g/mol. The van der Waals surface area contributed by atoms with Crippen molar-refractivity contribution in [2.45, 2.75) is 39.5 Å². The summed E-state index contributed by atoms with van der Waals surface area (Å²) in [6, 6.07) is 0. The molecular weight excluding hydrogens is 146 g/mol. The van der Waals surface area contributed by atoms with Gasteiger partial charge in [-0.15, -0.1) is 0 Å². The first kappa shape index (κ1) is 10.0. The number of nitrogens with zero attached hydrogens (tertiary/aromatic N) is 1. The second-order valence-corrected chi connectivity index (χ2v) is 5.05. The Balaban J connectivity index is 2.16. The zero-order valence-corrected chi connectivity index (χ0v) is 9.06. The van der Waals surface area contributed by atoms with Crippen LogP contribution in [0.15, 0.2) is 0 Å². The molecule has 0 aromatic carbocycles. The highest BCUT2D eigenvalue weighted by Gasteiger charge is 2.38. The molecule has 1 aliphatic rings. The number of hydrogen-bond acceptors (Lipinski definition) is 1. The van der Waals surface area contributed by atoms with E-state index in [1.807, 2.05) is 0 Å². The van der Waals surface area contributed by atoms with Crippen molar-refractivity contribution in [3.05, 3.63) is 0 Å². The lowest BCUT2D eigenvalue weighted by molar-refractivity contribution is 0.0551. The van der Waals surface area contributed by atoms with Gasteiger partial charge >= 0.3 is 0 Å². The van der Waals surface area contributed by atoms with Crippen LogP contribution in [0, 0.1) is 11.3 Å². The fourth-order valence-corrected chi connectivity index (χ4v) is 2.32. The van der Waals surface area contributed by atoms with E-state index in [0.29, 0.717) is 5.41 Å². The quantitative estimate of drug-likeness (QED) is 0.625. The maximum atomic E-state index is 2.45. The molecule has 0 radical (unpaired) electrons. The average molecular weight is 169 g/mol. The lowest BCUT2D eigenvalue weighted by Crippen LogP contribution is -2.36. The summed E-state index contributed by atoms with van der Waals surface area (Å²) >= 11 is 0. The molecule has 72 valence electrons. The Hall–Kier alpha value is -0.0400. The summed E-state index contributed by atoms with van der Waals surface area (Å²) in [5, 5.41) is 0. The molecule has 0 aliphatic heterocycles. The first-order valence-corrected chi connectivity index (χ1v) is 5.20. The Kier molecular flexibility index (Phi) is 3.16. The lowest BCUT2D eigenvalue weighted by Gasteiger charge is -2.46. The highest BCUT2D eigenvalue weighted by molar-refractivity contribution is 4.89.